The lowest BCUT2D eigenvalue weighted by Gasteiger charge is -2.31. The lowest BCUT2D eigenvalue weighted by Crippen LogP contribution is -2.43. The summed E-state index contributed by atoms with van der Waals surface area (Å²) >= 11 is 3.29. The van der Waals surface area contributed by atoms with Crippen LogP contribution in [0.2, 0.25) is 0 Å². The number of benzene rings is 1. The van der Waals surface area contributed by atoms with Gasteiger partial charge in [-0.05, 0) is 65.2 Å². The molecule has 0 saturated carbocycles. The van der Waals surface area contributed by atoms with E-state index in [2.05, 4.69) is 31.5 Å². The molecule has 10 heteroatoms. The van der Waals surface area contributed by atoms with Gasteiger partial charge in [-0.1, -0.05) is 0 Å². The number of carbonyl (C=O) groups is 2. The number of aromatic nitrogens is 1. The molecule has 1 unspecified atom stereocenters. The predicted molar refractivity (Wildman–Crippen MR) is 113 cm³/mol. The molecule has 1 aliphatic heterocycles. The number of rotatable bonds is 5. The minimum absolute atomic E-state index is 0.109. The summed E-state index contributed by atoms with van der Waals surface area (Å²) in [5.74, 6) is -0.513. The third-order valence-electron chi connectivity index (χ3n) is 4.55. The van der Waals surface area contributed by atoms with Gasteiger partial charge in [0.15, 0.2) is 0 Å². The Morgan fingerprint density at radius 3 is 2.48 bits per heavy atom. The zero-order valence-corrected chi connectivity index (χ0v) is 18.2. The van der Waals surface area contributed by atoms with Gasteiger partial charge < -0.3 is 10.6 Å². The van der Waals surface area contributed by atoms with Crippen molar-refractivity contribution < 1.29 is 18.0 Å². The van der Waals surface area contributed by atoms with Crippen molar-refractivity contribution in [1.29, 1.82) is 0 Å². The maximum atomic E-state index is 13.0. The first-order chi connectivity index (χ1) is 13.8. The molecule has 2 aromatic rings. The number of sulfonamides is 1. The third-order valence-corrected chi connectivity index (χ3v) is 6.89. The van der Waals surface area contributed by atoms with Crippen molar-refractivity contribution in [3.63, 3.8) is 0 Å². The second-order valence-electron chi connectivity index (χ2n) is 6.76. The number of nitrogens with zero attached hydrogens (tertiary/aromatic N) is 2. The largest absolute Gasteiger partial charge is 0.326 e. The minimum atomic E-state index is -3.73. The smallest absolute Gasteiger partial charge is 0.243 e. The summed E-state index contributed by atoms with van der Waals surface area (Å²) in [7, 11) is -3.73. The maximum absolute atomic E-state index is 13.0. The quantitative estimate of drug-likeness (QED) is 0.683. The number of halogens is 1. The highest BCUT2D eigenvalue weighted by atomic mass is 79.9. The number of carbonyl (C=O) groups excluding carboxylic acids is 2. The van der Waals surface area contributed by atoms with E-state index in [1.807, 2.05) is 0 Å². The van der Waals surface area contributed by atoms with Crippen molar-refractivity contribution in [3.05, 3.63) is 47.1 Å². The summed E-state index contributed by atoms with van der Waals surface area (Å²) in [6, 6.07) is 9.44. The number of piperidine rings is 1. The van der Waals surface area contributed by atoms with Gasteiger partial charge in [0.2, 0.25) is 21.8 Å². The fourth-order valence-electron chi connectivity index (χ4n) is 3.12. The standard InChI is InChI=1S/C19H21BrN4O4S/c1-13(25)22-16-5-7-17(8-6-16)29(27,28)24-10-2-3-14(12-24)19(26)23-18-9-4-15(20)11-21-18/h4-9,11,14H,2-3,10,12H2,1H3,(H,22,25)(H,21,23,26). The van der Waals surface area contributed by atoms with E-state index in [1.165, 1.54) is 23.4 Å². The molecule has 2 heterocycles. The second-order valence-corrected chi connectivity index (χ2v) is 9.61. The van der Waals surface area contributed by atoms with Gasteiger partial charge in [-0.2, -0.15) is 4.31 Å². The normalized spacial score (nSPS) is 17.5. The summed E-state index contributed by atoms with van der Waals surface area (Å²) in [6.45, 7) is 1.85. The first-order valence-corrected chi connectivity index (χ1v) is 11.3. The molecule has 0 aliphatic carbocycles. The van der Waals surface area contributed by atoms with Crippen molar-refractivity contribution in [2.75, 3.05) is 23.7 Å². The molecule has 2 N–H and O–H groups in total. The van der Waals surface area contributed by atoms with Gasteiger partial charge in [0, 0.05) is 36.4 Å². The van der Waals surface area contributed by atoms with Crippen LogP contribution in [0.3, 0.4) is 0 Å². The highest BCUT2D eigenvalue weighted by Crippen LogP contribution is 2.25. The molecule has 1 saturated heterocycles. The van der Waals surface area contributed by atoms with E-state index in [0.29, 0.717) is 30.9 Å². The zero-order valence-electron chi connectivity index (χ0n) is 15.8. The van der Waals surface area contributed by atoms with Crippen LogP contribution in [0.25, 0.3) is 0 Å². The molecule has 8 nitrogen and oxygen atoms in total. The zero-order chi connectivity index (χ0) is 21.0. The summed E-state index contributed by atoms with van der Waals surface area (Å²) in [6.07, 6.45) is 2.78. The molecule has 3 rings (SSSR count). The van der Waals surface area contributed by atoms with Crippen LogP contribution in [0.1, 0.15) is 19.8 Å². The molecule has 154 valence electrons. The second kappa shape index (κ2) is 9.02. The van der Waals surface area contributed by atoms with Crippen LogP contribution in [-0.4, -0.2) is 42.6 Å². The van der Waals surface area contributed by atoms with Gasteiger partial charge >= 0.3 is 0 Å². The molecule has 29 heavy (non-hydrogen) atoms. The van der Waals surface area contributed by atoms with Crippen molar-refractivity contribution in [3.8, 4) is 0 Å². The van der Waals surface area contributed by atoms with Crippen molar-refractivity contribution in [1.82, 2.24) is 9.29 Å². The Morgan fingerprint density at radius 1 is 1.14 bits per heavy atom. The van der Waals surface area contributed by atoms with E-state index in [0.717, 1.165) is 4.47 Å². The fourth-order valence-corrected chi connectivity index (χ4v) is 4.87. The number of pyridine rings is 1. The molecule has 0 radical (unpaired) electrons. The third kappa shape index (κ3) is 5.40. The molecular formula is C19H21BrN4O4S. The van der Waals surface area contributed by atoms with Gasteiger partial charge in [-0.25, -0.2) is 13.4 Å². The first-order valence-electron chi connectivity index (χ1n) is 9.06. The molecule has 1 aliphatic rings. The van der Waals surface area contributed by atoms with Crippen LogP contribution >= 0.6 is 15.9 Å². The molecule has 1 aromatic carbocycles. The molecule has 0 bridgehead atoms. The van der Waals surface area contributed by atoms with Crippen LogP contribution in [0.15, 0.2) is 52.0 Å². The van der Waals surface area contributed by atoms with Gasteiger partial charge in [0.25, 0.3) is 0 Å². The van der Waals surface area contributed by atoms with Crippen LogP contribution in [0.5, 0.6) is 0 Å². The maximum Gasteiger partial charge on any atom is 0.243 e. The van der Waals surface area contributed by atoms with E-state index in [9.17, 15) is 18.0 Å². The van der Waals surface area contributed by atoms with Crippen LogP contribution in [-0.2, 0) is 19.6 Å². The predicted octanol–water partition coefficient (Wildman–Crippen LogP) is 2.84. The van der Waals surface area contributed by atoms with Crippen LogP contribution < -0.4 is 10.6 Å². The molecule has 2 amide bonds. The number of anilines is 2. The number of hydrogen-bond acceptors (Lipinski definition) is 5. The average molecular weight is 481 g/mol. The summed E-state index contributed by atoms with van der Waals surface area (Å²) in [4.78, 5) is 27.9. The lowest BCUT2D eigenvalue weighted by molar-refractivity contribution is -0.121. The van der Waals surface area contributed by atoms with E-state index in [-0.39, 0.29) is 23.3 Å². The van der Waals surface area contributed by atoms with Gasteiger partial charge in [0.05, 0.1) is 10.8 Å². The monoisotopic (exact) mass is 480 g/mol. The van der Waals surface area contributed by atoms with Crippen molar-refractivity contribution >= 4 is 49.3 Å². The van der Waals surface area contributed by atoms with Gasteiger partial charge in [0.1, 0.15) is 5.82 Å². The van der Waals surface area contributed by atoms with Crippen molar-refractivity contribution in [2.24, 2.45) is 5.92 Å². The average Bonchev–Trinajstić information content (AvgIpc) is 2.70. The van der Waals surface area contributed by atoms with E-state index in [4.69, 9.17) is 0 Å². The summed E-state index contributed by atoms with van der Waals surface area (Å²) in [5.41, 5.74) is 0.523. The molecule has 1 aromatic heterocycles. The Kier molecular flexibility index (Phi) is 6.66. The molecular weight excluding hydrogens is 460 g/mol. The Bertz CT molecular complexity index is 994. The van der Waals surface area contributed by atoms with Crippen molar-refractivity contribution in [2.45, 2.75) is 24.7 Å². The number of amides is 2. The van der Waals surface area contributed by atoms with Gasteiger partial charge in [-0.15, -0.1) is 0 Å². The Morgan fingerprint density at radius 2 is 1.86 bits per heavy atom. The Hall–Kier alpha value is -2.30. The van der Waals surface area contributed by atoms with Gasteiger partial charge in [-0.3, -0.25) is 9.59 Å². The SMILES string of the molecule is CC(=O)Nc1ccc(S(=O)(=O)N2CCCC(C(=O)Nc3ccc(Br)cn3)C2)cc1. The minimum Gasteiger partial charge on any atom is -0.326 e. The van der Waals surface area contributed by atoms with E-state index < -0.39 is 15.9 Å². The number of hydrogen-bond donors (Lipinski definition) is 2. The topological polar surface area (TPSA) is 108 Å². The molecule has 1 atom stereocenters. The molecule has 0 spiro atoms. The fraction of sp³-hybridized carbons (Fsp3) is 0.316. The summed E-state index contributed by atoms with van der Waals surface area (Å²) in [5, 5.41) is 5.35. The summed E-state index contributed by atoms with van der Waals surface area (Å²) < 4.78 is 28.1. The Balaban J connectivity index is 1.69. The highest BCUT2D eigenvalue weighted by molar-refractivity contribution is 9.10. The van der Waals surface area contributed by atoms with Crippen LogP contribution in [0.4, 0.5) is 11.5 Å². The number of nitrogens with one attached hydrogen (secondary N) is 2. The highest BCUT2D eigenvalue weighted by Gasteiger charge is 2.33. The molecule has 1 fully saturated rings. The van der Waals surface area contributed by atoms with E-state index in [1.54, 1.807) is 30.5 Å². The first kappa shape index (κ1) is 21.4. The van der Waals surface area contributed by atoms with Crippen LogP contribution in [0, 0.1) is 5.92 Å². The lowest BCUT2D eigenvalue weighted by atomic mass is 9.99. The van der Waals surface area contributed by atoms with E-state index >= 15 is 0 Å². The Labute approximate surface area is 177 Å².